The monoisotopic (exact) mass is 321 g/mol. The number of hydrogen-bond donors (Lipinski definition) is 2. The Morgan fingerprint density at radius 2 is 2.17 bits per heavy atom. The van der Waals surface area contributed by atoms with Crippen LogP contribution in [0.5, 0.6) is 0 Å². The molecule has 1 aliphatic heterocycles. The average Bonchev–Trinajstić information content (AvgIpc) is 2.80. The fourth-order valence-corrected chi connectivity index (χ4v) is 2.57. The maximum Gasteiger partial charge on any atom is 0.245 e. The molecule has 0 aromatic heterocycles. The molecular formula is C16H20FN3O3. The van der Waals surface area contributed by atoms with Crippen molar-refractivity contribution in [2.24, 2.45) is 0 Å². The van der Waals surface area contributed by atoms with Crippen molar-refractivity contribution in [2.75, 3.05) is 19.6 Å². The highest BCUT2D eigenvalue weighted by molar-refractivity contribution is 5.88. The second-order valence-electron chi connectivity index (χ2n) is 5.52. The fourth-order valence-electron chi connectivity index (χ4n) is 2.57. The Morgan fingerprint density at radius 3 is 2.87 bits per heavy atom. The lowest BCUT2D eigenvalue weighted by atomic mass is 10.1. The van der Waals surface area contributed by atoms with Crippen LogP contribution >= 0.6 is 0 Å². The zero-order valence-corrected chi connectivity index (χ0v) is 13.0. The number of nitrogens with one attached hydrogen (secondary N) is 2. The Balaban J connectivity index is 1.72. The summed E-state index contributed by atoms with van der Waals surface area (Å²) in [5, 5.41) is 5.32. The molecule has 1 aromatic carbocycles. The molecule has 0 aliphatic carbocycles. The summed E-state index contributed by atoms with van der Waals surface area (Å²) in [5.74, 6) is -0.948. The van der Waals surface area contributed by atoms with Crippen LogP contribution in [0.15, 0.2) is 24.3 Å². The first-order valence-corrected chi connectivity index (χ1v) is 7.53. The molecule has 1 aliphatic rings. The van der Waals surface area contributed by atoms with Crippen molar-refractivity contribution in [2.45, 2.75) is 25.8 Å². The van der Waals surface area contributed by atoms with E-state index < -0.39 is 6.04 Å². The first-order chi connectivity index (χ1) is 11.0. The quantitative estimate of drug-likeness (QED) is 0.787. The van der Waals surface area contributed by atoms with Crippen LogP contribution in [0, 0.1) is 5.82 Å². The van der Waals surface area contributed by atoms with E-state index in [1.165, 1.54) is 19.1 Å². The molecule has 6 nitrogen and oxygen atoms in total. The van der Waals surface area contributed by atoms with Gasteiger partial charge in [-0.3, -0.25) is 14.4 Å². The molecule has 23 heavy (non-hydrogen) atoms. The minimum absolute atomic E-state index is 0.0974. The molecule has 1 atom stereocenters. The van der Waals surface area contributed by atoms with Crippen LogP contribution < -0.4 is 10.6 Å². The Morgan fingerprint density at radius 1 is 1.39 bits per heavy atom. The van der Waals surface area contributed by atoms with Crippen LogP contribution in [-0.2, 0) is 20.8 Å². The Bertz CT molecular complexity index is 606. The number of carbonyl (C=O) groups excluding carboxylic acids is 3. The van der Waals surface area contributed by atoms with Crippen LogP contribution in [0.4, 0.5) is 4.39 Å². The van der Waals surface area contributed by atoms with Gasteiger partial charge in [-0.2, -0.15) is 0 Å². The van der Waals surface area contributed by atoms with E-state index in [-0.39, 0.29) is 30.0 Å². The summed E-state index contributed by atoms with van der Waals surface area (Å²) in [4.78, 5) is 36.4. The smallest absolute Gasteiger partial charge is 0.245 e. The highest BCUT2D eigenvalue weighted by atomic mass is 19.1. The van der Waals surface area contributed by atoms with Gasteiger partial charge in [-0.15, -0.1) is 0 Å². The third-order valence-corrected chi connectivity index (χ3v) is 3.63. The van der Waals surface area contributed by atoms with E-state index in [9.17, 15) is 18.8 Å². The maximum atomic E-state index is 13.0. The highest BCUT2D eigenvalue weighted by Crippen LogP contribution is 2.10. The van der Waals surface area contributed by atoms with E-state index >= 15 is 0 Å². The second kappa shape index (κ2) is 7.71. The largest absolute Gasteiger partial charge is 0.354 e. The fraction of sp³-hybridized carbons (Fsp3) is 0.438. The summed E-state index contributed by atoms with van der Waals surface area (Å²) in [6.07, 6.45) is 0.676. The number of nitrogens with zero attached hydrogens (tertiary/aromatic N) is 1. The minimum atomic E-state index is -0.463. The number of likely N-dealkylation sites (tertiary alicyclic amines) is 1. The van der Waals surface area contributed by atoms with Gasteiger partial charge in [-0.25, -0.2) is 4.39 Å². The van der Waals surface area contributed by atoms with Gasteiger partial charge in [0, 0.05) is 26.6 Å². The standard InChI is InChI=1S/C16H20FN3O3/c1-11(21)19-14-5-7-20(16(14)23)8-6-18-15(22)10-12-3-2-4-13(17)9-12/h2-4,9,14H,5-8,10H2,1H3,(H,18,22)(H,19,21). The molecule has 0 saturated carbocycles. The molecule has 2 N–H and O–H groups in total. The molecule has 1 saturated heterocycles. The summed E-state index contributed by atoms with van der Waals surface area (Å²) in [6.45, 7) is 2.66. The van der Waals surface area contributed by atoms with Crippen LogP contribution in [-0.4, -0.2) is 48.3 Å². The van der Waals surface area contributed by atoms with Gasteiger partial charge in [-0.05, 0) is 24.1 Å². The molecule has 2 rings (SSSR count). The van der Waals surface area contributed by atoms with E-state index in [1.54, 1.807) is 17.0 Å². The molecule has 124 valence electrons. The number of benzene rings is 1. The topological polar surface area (TPSA) is 78.5 Å². The van der Waals surface area contributed by atoms with Gasteiger partial charge >= 0.3 is 0 Å². The molecule has 1 unspecified atom stereocenters. The molecule has 7 heteroatoms. The molecular weight excluding hydrogens is 301 g/mol. The molecule has 1 aromatic rings. The summed E-state index contributed by atoms with van der Waals surface area (Å²) in [6, 6.07) is 5.43. The average molecular weight is 321 g/mol. The van der Waals surface area contributed by atoms with Crippen molar-refractivity contribution in [1.29, 1.82) is 0 Å². The Hall–Kier alpha value is -2.44. The van der Waals surface area contributed by atoms with Crippen molar-refractivity contribution in [3.05, 3.63) is 35.6 Å². The molecule has 3 amide bonds. The predicted octanol–water partition coefficient (Wildman–Crippen LogP) is 0.221. The van der Waals surface area contributed by atoms with E-state index in [1.807, 2.05) is 0 Å². The van der Waals surface area contributed by atoms with E-state index in [4.69, 9.17) is 0 Å². The van der Waals surface area contributed by atoms with Crippen LogP contribution in [0.1, 0.15) is 18.9 Å². The molecule has 1 heterocycles. The molecule has 0 radical (unpaired) electrons. The van der Waals surface area contributed by atoms with Crippen molar-refractivity contribution < 1.29 is 18.8 Å². The van der Waals surface area contributed by atoms with Gasteiger partial charge in [0.25, 0.3) is 0 Å². The summed E-state index contributed by atoms with van der Waals surface area (Å²) in [5.41, 5.74) is 0.602. The Kier molecular flexibility index (Phi) is 5.67. The molecule has 0 bridgehead atoms. The van der Waals surface area contributed by atoms with Crippen molar-refractivity contribution in [3.63, 3.8) is 0 Å². The van der Waals surface area contributed by atoms with Crippen LogP contribution in [0.25, 0.3) is 0 Å². The van der Waals surface area contributed by atoms with E-state index in [2.05, 4.69) is 10.6 Å². The summed E-state index contributed by atoms with van der Waals surface area (Å²) < 4.78 is 13.0. The lowest BCUT2D eigenvalue weighted by Crippen LogP contribution is -2.42. The van der Waals surface area contributed by atoms with Crippen molar-refractivity contribution in [3.8, 4) is 0 Å². The zero-order chi connectivity index (χ0) is 16.8. The third kappa shape index (κ3) is 5.05. The van der Waals surface area contributed by atoms with Gasteiger partial charge in [0.1, 0.15) is 11.9 Å². The second-order valence-corrected chi connectivity index (χ2v) is 5.52. The Labute approximate surface area is 134 Å². The number of hydrogen-bond acceptors (Lipinski definition) is 3. The third-order valence-electron chi connectivity index (χ3n) is 3.63. The molecule has 1 fully saturated rings. The number of carbonyl (C=O) groups is 3. The number of amides is 3. The predicted molar refractivity (Wildman–Crippen MR) is 81.9 cm³/mol. The van der Waals surface area contributed by atoms with E-state index in [0.29, 0.717) is 31.6 Å². The van der Waals surface area contributed by atoms with Gasteiger partial charge < -0.3 is 15.5 Å². The SMILES string of the molecule is CC(=O)NC1CCN(CCNC(=O)Cc2cccc(F)c2)C1=O. The maximum absolute atomic E-state index is 13.0. The van der Waals surface area contributed by atoms with Crippen molar-refractivity contribution in [1.82, 2.24) is 15.5 Å². The lowest BCUT2D eigenvalue weighted by Gasteiger charge is -2.17. The van der Waals surface area contributed by atoms with Crippen LogP contribution in [0.3, 0.4) is 0 Å². The van der Waals surface area contributed by atoms with E-state index in [0.717, 1.165) is 0 Å². The van der Waals surface area contributed by atoms with Gasteiger partial charge in [-0.1, -0.05) is 12.1 Å². The van der Waals surface area contributed by atoms with Gasteiger partial charge in [0.15, 0.2) is 0 Å². The number of halogens is 1. The minimum Gasteiger partial charge on any atom is -0.354 e. The summed E-state index contributed by atoms with van der Waals surface area (Å²) >= 11 is 0. The van der Waals surface area contributed by atoms with Gasteiger partial charge in [0.05, 0.1) is 6.42 Å². The molecule has 0 spiro atoms. The zero-order valence-electron chi connectivity index (χ0n) is 13.0. The first kappa shape index (κ1) is 16.9. The van der Waals surface area contributed by atoms with Crippen molar-refractivity contribution >= 4 is 17.7 Å². The first-order valence-electron chi connectivity index (χ1n) is 7.53. The lowest BCUT2D eigenvalue weighted by molar-refractivity contribution is -0.132. The number of rotatable bonds is 6. The normalized spacial score (nSPS) is 17.2. The summed E-state index contributed by atoms with van der Waals surface area (Å²) in [7, 11) is 0. The highest BCUT2D eigenvalue weighted by Gasteiger charge is 2.31. The van der Waals surface area contributed by atoms with Crippen LogP contribution in [0.2, 0.25) is 0 Å². The van der Waals surface area contributed by atoms with Gasteiger partial charge in [0.2, 0.25) is 17.7 Å².